The third-order valence-electron chi connectivity index (χ3n) is 13.7. The van der Waals surface area contributed by atoms with Crippen LogP contribution in [0.15, 0.2) is 11.1 Å². The summed E-state index contributed by atoms with van der Waals surface area (Å²) >= 11 is 0. The molecule has 4 heteroatoms. The number of rotatable bonds is 3. The molecule has 0 spiro atoms. The van der Waals surface area contributed by atoms with Gasteiger partial charge in [-0.25, -0.2) is 0 Å². The fourth-order valence-electron chi connectivity index (χ4n) is 12.1. The lowest BCUT2D eigenvalue weighted by molar-refractivity contribution is -0.264. The molecule has 5 aliphatic carbocycles. The SMILES string of the molecule is CC(=O)O[C@@H]1C[C@@]2(C)[C@@H](CC[C@@]3(C)[C@H]2CC[C@@H]2[C@]3(C)CCC3=C(C(C)C)CC[C@]32C)C(C)(C)[C@H]1OC(C)=O. The van der Waals surface area contributed by atoms with Gasteiger partial charge in [-0.1, -0.05) is 66.5 Å². The van der Waals surface area contributed by atoms with E-state index in [0.29, 0.717) is 28.6 Å². The van der Waals surface area contributed by atoms with E-state index in [0.717, 1.165) is 18.8 Å². The zero-order chi connectivity index (χ0) is 28.1. The van der Waals surface area contributed by atoms with Crippen molar-refractivity contribution in [2.24, 2.45) is 50.7 Å². The first-order valence-corrected chi connectivity index (χ1v) is 15.6. The topological polar surface area (TPSA) is 52.6 Å². The number of fused-ring (bicyclic) bond motifs is 7. The van der Waals surface area contributed by atoms with Gasteiger partial charge in [-0.05, 0) is 103 Å². The molecular weight excluding hydrogens is 472 g/mol. The Balaban J connectivity index is 1.54. The van der Waals surface area contributed by atoms with E-state index in [9.17, 15) is 9.59 Å². The summed E-state index contributed by atoms with van der Waals surface area (Å²) in [6, 6.07) is 0. The van der Waals surface area contributed by atoms with Gasteiger partial charge in [-0.15, -0.1) is 0 Å². The van der Waals surface area contributed by atoms with E-state index < -0.39 is 6.10 Å². The van der Waals surface area contributed by atoms with Crippen LogP contribution in [0.25, 0.3) is 0 Å². The minimum absolute atomic E-state index is 0.0387. The monoisotopic (exact) mass is 526 g/mol. The lowest BCUT2D eigenvalue weighted by Crippen LogP contribution is -2.68. The van der Waals surface area contributed by atoms with E-state index in [4.69, 9.17) is 9.47 Å². The second-order valence-electron chi connectivity index (χ2n) is 15.9. The van der Waals surface area contributed by atoms with Gasteiger partial charge in [0.15, 0.2) is 0 Å². The molecular formula is C34H54O4. The second-order valence-corrected chi connectivity index (χ2v) is 15.9. The van der Waals surface area contributed by atoms with Crippen LogP contribution in [0.4, 0.5) is 0 Å². The van der Waals surface area contributed by atoms with Gasteiger partial charge in [0, 0.05) is 19.3 Å². The van der Waals surface area contributed by atoms with Crippen LogP contribution in [0.2, 0.25) is 0 Å². The van der Waals surface area contributed by atoms with Crippen LogP contribution >= 0.6 is 0 Å². The predicted molar refractivity (Wildman–Crippen MR) is 151 cm³/mol. The Morgan fingerprint density at radius 3 is 1.97 bits per heavy atom. The molecule has 214 valence electrons. The molecule has 0 saturated heterocycles. The van der Waals surface area contributed by atoms with Crippen molar-refractivity contribution in [1.29, 1.82) is 0 Å². The molecule has 0 heterocycles. The van der Waals surface area contributed by atoms with E-state index in [1.54, 1.807) is 5.57 Å². The lowest BCUT2D eigenvalue weighted by atomic mass is 9.32. The van der Waals surface area contributed by atoms with Crippen LogP contribution in [0.1, 0.15) is 127 Å². The van der Waals surface area contributed by atoms with Crippen molar-refractivity contribution in [3.63, 3.8) is 0 Å². The maximum absolute atomic E-state index is 12.3. The fourth-order valence-corrected chi connectivity index (χ4v) is 12.1. The van der Waals surface area contributed by atoms with E-state index in [2.05, 4.69) is 55.4 Å². The Bertz CT molecular complexity index is 1040. The van der Waals surface area contributed by atoms with E-state index >= 15 is 0 Å². The first kappa shape index (κ1) is 28.2. The highest BCUT2D eigenvalue weighted by atomic mass is 16.6. The fraction of sp³-hybridized carbons (Fsp3) is 0.882. The summed E-state index contributed by atoms with van der Waals surface area (Å²) in [6.45, 7) is 22.7. The summed E-state index contributed by atoms with van der Waals surface area (Å²) in [5.74, 6) is 1.86. The maximum atomic E-state index is 12.3. The summed E-state index contributed by atoms with van der Waals surface area (Å²) in [4.78, 5) is 24.4. The Morgan fingerprint density at radius 1 is 0.763 bits per heavy atom. The number of ether oxygens (including phenoxy) is 2. The summed E-state index contributed by atoms with van der Waals surface area (Å²) in [6.07, 6.45) is 10.2. The van der Waals surface area contributed by atoms with Crippen molar-refractivity contribution >= 4 is 11.9 Å². The standard InChI is InChI=1S/C34H54O4/c1-20(2)23-13-16-31(7)24(23)14-17-33(9)27(31)11-12-28-32(8)19-25(37-21(3)35)29(38-22(4)36)30(5,6)26(32)15-18-34(28,33)10/h20,25-29H,11-19H2,1-10H3/t25-,26+,27+,28+,29+,31-,32+,33+,34+/m1/s1. The molecule has 4 fully saturated rings. The second kappa shape index (κ2) is 8.84. The molecule has 4 saturated carbocycles. The molecule has 5 rings (SSSR count). The Hall–Kier alpha value is -1.32. The van der Waals surface area contributed by atoms with Crippen molar-refractivity contribution in [3.05, 3.63) is 11.1 Å². The Labute approximate surface area is 232 Å². The molecule has 0 aromatic heterocycles. The smallest absolute Gasteiger partial charge is 0.303 e. The van der Waals surface area contributed by atoms with E-state index in [1.807, 2.05) is 5.57 Å². The normalized spacial score (nSPS) is 47.5. The highest BCUT2D eigenvalue weighted by Gasteiger charge is 2.71. The molecule has 0 N–H and O–H groups in total. The highest BCUT2D eigenvalue weighted by Crippen LogP contribution is 2.77. The van der Waals surface area contributed by atoms with Crippen molar-refractivity contribution in [2.75, 3.05) is 0 Å². The van der Waals surface area contributed by atoms with Crippen molar-refractivity contribution in [2.45, 2.75) is 139 Å². The summed E-state index contributed by atoms with van der Waals surface area (Å²) in [7, 11) is 0. The molecule has 0 amide bonds. The molecule has 38 heavy (non-hydrogen) atoms. The van der Waals surface area contributed by atoms with E-state index in [1.165, 1.54) is 58.8 Å². The van der Waals surface area contributed by atoms with Gasteiger partial charge in [0.2, 0.25) is 0 Å². The Kier molecular flexibility index (Phi) is 6.56. The summed E-state index contributed by atoms with van der Waals surface area (Å²) in [5.41, 5.74) is 4.29. The molecule has 9 atom stereocenters. The van der Waals surface area contributed by atoms with Gasteiger partial charge in [0.25, 0.3) is 0 Å². The van der Waals surface area contributed by atoms with Crippen LogP contribution in [0, 0.1) is 50.7 Å². The van der Waals surface area contributed by atoms with Crippen molar-refractivity contribution in [1.82, 2.24) is 0 Å². The van der Waals surface area contributed by atoms with Crippen LogP contribution in [0.3, 0.4) is 0 Å². The zero-order valence-corrected chi connectivity index (χ0v) is 26.0. The minimum Gasteiger partial charge on any atom is -0.459 e. The van der Waals surface area contributed by atoms with Crippen LogP contribution in [-0.4, -0.2) is 24.1 Å². The van der Waals surface area contributed by atoms with Gasteiger partial charge >= 0.3 is 11.9 Å². The first-order valence-electron chi connectivity index (χ1n) is 15.6. The predicted octanol–water partition coefficient (Wildman–Crippen LogP) is 8.28. The molecule has 4 nitrogen and oxygen atoms in total. The molecule has 0 unspecified atom stereocenters. The third kappa shape index (κ3) is 3.66. The van der Waals surface area contributed by atoms with Crippen LogP contribution in [0.5, 0.6) is 0 Å². The van der Waals surface area contributed by atoms with Gasteiger partial charge in [-0.2, -0.15) is 0 Å². The number of carbonyl (C=O) groups excluding carboxylic acids is 2. The maximum Gasteiger partial charge on any atom is 0.303 e. The average Bonchev–Trinajstić information content (AvgIpc) is 3.13. The first-order chi connectivity index (χ1) is 17.5. The lowest BCUT2D eigenvalue weighted by Gasteiger charge is -2.73. The molecule has 5 aliphatic rings. The average molecular weight is 527 g/mol. The van der Waals surface area contributed by atoms with Crippen LogP contribution < -0.4 is 0 Å². The largest absolute Gasteiger partial charge is 0.459 e. The number of hydrogen-bond donors (Lipinski definition) is 0. The molecule has 0 aliphatic heterocycles. The number of allylic oxidation sites excluding steroid dienone is 2. The number of hydrogen-bond acceptors (Lipinski definition) is 4. The van der Waals surface area contributed by atoms with Gasteiger partial charge < -0.3 is 9.47 Å². The quantitative estimate of drug-likeness (QED) is 0.274. The highest BCUT2D eigenvalue weighted by molar-refractivity contribution is 5.67. The zero-order valence-electron chi connectivity index (χ0n) is 26.0. The number of carbonyl (C=O) groups is 2. The van der Waals surface area contributed by atoms with E-state index in [-0.39, 0.29) is 34.3 Å². The molecule has 0 radical (unpaired) electrons. The molecule has 0 bridgehead atoms. The third-order valence-corrected chi connectivity index (χ3v) is 13.7. The van der Waals surface area contributed by atoms with Crippen LogP contribution in [-0.2, 0) is 19.1 Å². The van der Waals surface area contributed by atoms with Crippen molar-refractivity contribution < 1.29 is 19.1 Å². The number of esters is 2. The van der Waals surface area contributed by atoms with Crippen molar-refractivity contribution in [3.8, 4) is 0 Å². The molecule has 0 aromatic carbocycles. The van der Waals surface area contributed by atoms with Gasteiger partial charge in [0.1, 0.15) is 12.2 Å². The Morgan fingerprint density at radius 2 is 1.37 bits per heavy atom. The van der Waals surface area contributed by atoms with Gasteiger partial charge in [-0.3, -0.25) is 9.59 Å². The molecule has 0 aromatic rings. The minimum atomic E-state index is -0.396. The van der Waals surface area contributed by atoms with Gasteiger partial charge in [0.05, 0.1) is 0 Å². The summed E-state index contributed by atoms with van der Waals surface area (Å²) in [5, 5.41) is 0. The summed E-state index contributed by atoms with van der Waals surface area (Å²) < 4.78 is 11.9.